The van der Waals surface area contributed by atoms with Crippen molar-refractivity contribution in [1.82, 2.24) is 5.32 Å². The smallest absolute Gasteiger partial charge is 0.408 e. The molecular formula is C25H31NO6. The van der Waals surface area contributed by atoms with Crippen molar-refractivity contribution in [2.24, 2.45) is 5.92 Å². The maximum Gasteiger partial charge on any atom is 0.408 e. The van der Waals surface area contributed by atoms with Crippen molar-refractivity contribution >= 4 is 6.09 Å². The van der Waals surface area contributed by atoms with Gasteiger partial charge in [0.1, 0.15) is 12.1 Å². The maximum atomic E-state index is 12.5. The Morgan fingerprint density at radius 1 is 1.16 bits per heavy atom. The van der Waals surface area contributed by atoms with E-state index in [1.807, 2.05) is 60.7 Å². The molecule has 0 spiro atoms. The van der Waals surface area contributed by atoms with E-state index in [-0.39, 0.29) is 13.2 Å². The van der Waals surface area contributed by atoms with E-state index in [0.717, 1.165) is 11.1 Å². The molecule has 1 aliphatic heterocycles. The Bertz CT molecular complexity index is 873. The topological polar surface area (TPSA) is 97.3 Å². The number of alkyl carbamates (subject to hydrolysis) is 1. The van der Waals surface area contributed by atoms with Crippen LogP contribution in [0.2, 0.25) is 0 Å². The molecule has 1 fully saturated rings. The highest BCUT2D eigenvalue weighted by atomic mass is 16.6. The third-order valence-corrected chi connectivity index (χ3v) is 6.02. The van der Waals surface area contributed by atoms with E-state index in [4.69, 9.17) is 14.2 Å². The second-order valence-corrected chi connectivity index (χ2v) is 8.14. The second kappa shape index (κ2) is 10.7. The summed E-state index contributed by atoms with van der Waals surface area (Å²) in [6, 6.07) is 19.0. The summed E-state index contributed by atoms with van der Waals surface area (Å²) >= 11 is 0. The average Bonchev–Trinajstić information content (AvgIpc) is 2.80. The number of benzene rings is 2. The first-order chi connectivity index (χ1) is 15.4. The average molecular weight is 442 g/mol. The minimum Gasteiger partial charge on any atom is -0.445 e. The van der Waals surface area contributed by atoms with Crippen molar-refractivity contribution < 1.29 is 29.2 Å². The number of nitrogens with one attached hydrogen (secondary N) is 1. The fraction of sp³-hybridized carbons (Fsp3) is 0.400. The van der Waals surface area contributed by atoms with Gasteiger partial charge in [-0.1, -0.05) is 66.7 Å². The van der Waals surface area contributed by atoms with E-state index >= 15 is 0 Å². The number of ether oxygens (including phenoxy) is 3. The van der Waals surface area contributed by atoms with Crippen LogP contribution in [0.25, 0.3) is 0 Å². The summed E-state index contributed by atoms with van der Waals surface area (Å²) in [5.74, 6) is -0.723. The van der Waals surface area contributed by atoms with Gasteiger partial charge in [0.2, 0.25) is 0 Å². The lowest BCUT2D eigenvalue weighted by Gasteiger charge is -2.52. The molecule has 1 amide bonds. The lowest BCUT2D eigenvalue weighted by Crippen LogP contribution is -2.72. The molecule has 1 aliphatic rings. The van der Waals surface area contributed by atoms with Gasteiger partial charge in [0.25, 0.3) is 0 Å². The van der Waals surface area contributed by atoms with Crippen LogP contribution < -0.4 is 5.32 Å². The molecular weight excluding hydrogens is 410 g/mol. The van der Waals surface area contributed by atoms with E-state index in [1.54, 1.807) is 6.92 Å². The molecule has 3 rings (SSSR count). The molecule has 3 N–H and O–H groups in total. The predicted octanol–water partition coefficient (Wildman–Crippen LogP) is 3.16. The van der Waals surface area contributed by atoms with Gasteiger partial charge in [0, 0.05) is 12.5 Å². The van der Waals surface area contributed by atoms with Crippen LogP contribution >= 0.6 is 0 Å². The van der Waals surface area contributed by atoms with Crippen molar-refractivity contribution in [3.63, 3.8) is 0 Å². The summed E-state index contributed by atoms with van der Waals surface area (Å²) in [6.45, 7) is 6.00. The first kappa shape index (κ1) is 23.9. The highest BCUT2D eigenvalue weighted by Gasteiger charge is 2.57. The summed E-state index contributed by atoms with van der Waals surface area (Å²) in [5.41, 5.74) is -1.04. The zero-order chi connectivity index (χ0) is 23.0. The Balaban J connectivity index is 1.60. The van der Waals surface area contributed by atoms with Crippen molar-refractivity contribution in [3.8, 4) is 0 Å². The van der Waals surface area contributed by atoms with Gasteiger partial charge in [-0.25, -0.2) is 4.79 Å². The Hall–Kier alpha value is -2.71. The van der Waals surface area contributed by atoms with Crippen molar-refractivity contribution in [2.45, 2.75) is 44.0 Å². The summed E-state index contributed by atoms with van der Waals surface area (Å²) < 4.78 is 16.5. The molecule has 1 unspecified atom stereocenters. The fourth-order valence-electron chi connectivity index (χ4n) is 3.91. The standard InChI is InChI=1S/C25H31NO6/c1-3-25(26-23(28)31-17-20-12-8-5-9-13-20)18-32-22(27)21(24(25,2)29)14-15-30-16-19-10-6-4-7-11-19/h3-13,21-22,27,29H,1,14-18H2,2H3,(H,26,28)/t21-,22?,24-,25-/m0/s1. The summed E-state index contributed by atoms with van der Waals surface area (Å²) in [5, 5.41) is 24.6. The molecule has 7 heteroatoms. The largest absolute Gasteiger partial charge is 0.445 e. The molecule has 0 saturated carbocycles. The summed E-state index contributed by atoms with van der Waals surface area (Å²) in [6.07, 6.45) is -0.175. The number of carbonyl (C=O) groups excluding carboxylic acids is 1. The molecule has 1 heterocycles. The lowest BCUT2D eigenvalue weighted by atomic mass is 9.69. The number of amides is 1. The van der Waals surface area contributed by atoms with Crippen LogP contribution in [-0.4, -0.2) is 47.0 Å². The normalized spacial score (nSPS) is 27.5. The van der Waals surface area contributed by atoms with Crippen LogP contribution in [0.15, 0.2) is 73.3 Å². The first-order valence-electron chi connectivity index (χ1n) is 10.6. The van der Waals surface area contributed by atoms with Crippen molar-refractivity contribution in [3.05, 3.63) is 84.4 Å². The van der Waals surface area contributed by atoms with E-state index in [9.17, 15) is 15.0 Å². The number of aliphatic hydroxyl groups excluding tert-OH is 1. The molecule has 4 atom stereocenters. The zero-order valence-electron chi connectivity index (χ0n) is 18.3. The number of aliphatic hydroxyl groups is 2. The Labute approximate surface area is 188 Å². The summed E-state index contributed by atoms with van der Waals surface area (Å²) in [4.78, 5) is 12.5. The Morgan fingerprint density at radius 2 is 1.75 bits per heavy atom. The summed E-state index contributed by atoms with van der Waals surface area (Å²) in [7, 11) is 0. The van der Waals surface area contributed by atoms with Crippen LogP contribution in [0, 0.1) is 5.92 Å². The molecule has 32 heavy (non-hydrogen) atoms. The number of rotatable bonds is 9. The molecule has 7 nitrogen and oxygen atoms in total. The molecule has 0 radical (unpaired) electrons. The third-order valence-electron chi connectivity index (χ3n) is 6.02. The third kappa shape index (κ3) is 5.55. The SMILES string of the molecule is C=C[C@]1(NC(=O)OCc2ccccc2)COC(O)[C@H](CCOCc2ccccc2)[C@]1(C)O. The Morgan fingerprint density at radius 3 is 2.34 bits per heavy atom. The monoisotopic (exact) mass is 441 g/mol. The zero-order valence-corrected chi connectivity index (χ0v) is 18.3. The highest BCUT2D eigenvalue weighted by Crippen LogP contribution is 2.40. The van der Waals surface area contributed by atoms with Crippen LogP contribution in [0.5, 0.6) is 0 Å². The van der Waals surface area contributed by atoms with Gasteiger partial charge in [0.15, 0.2) is 6.29 Å². The van der Waals surface area contributed by atoms with E-state index in [0.29, 0.717) is 19.6 Å². The van der Waals surface area contributed by atoms with Crippen LogP contribution in [0.3, 0.4) is 0 Å². The maximum absolute atomic E-state index is 12.5. The Kier molecular flexibility index (Phi) is 8.04. The first-order valence-corrected chi connectivity index (χ1v) is 10.6. The quantitative estimate of drug-likeness (QED) is 0.409. The number of hydrogen-bond acceptors (Lipinski definition) is 6. The van der Waals surface area contributed by atoms with Crippen LogP contribution in [0.4, 0.5) is 4.79 Å². The van der Waals surface area contributed by atoms with E-state index < -0.39 is 29.4 Å². The van der Waals surface area contributed by atoms with Gasteiger partial charge in [0.05, 0.1) is 18.8 Å². The number of hydrogen-bond donors (Lipinski definition) is 3. The minimum atomic E-state index is -1.56. The second-order valence-electron chi connectivity index (χ2n) is 8.14. The molecule has 0 bridgehead atoms. The predicted molar refractivity (Wildman–Crippen MR) is 119 cm³/mol. The van der Waals surface area contributed by atoms with Gasteiger partial charge in [-0.2, -0.15) is 0 Å². The van der Waals surface area contributed by atoms with Crippen LogP contribution in [0.1, 0.15) is 24.5 Å². The number of carbonyl (C=O) groups is 1. The molecule has 0 aromatic heterocycles. The highest BCUT2D eigenvalue weighted by molar-refractivity contribution is 5.69. The fourth-order valence-corrected chi connectivity index (χ4v) is 3.91. The van der Waals surface area contributed by atoms with Crippen molar-refractivity contribution in [1.29, 1.82) is 0 Å². The van der Waals surface area contributed by atoms with Gasteiger partial charge < -0.3 is 29.7 Å². The minimum absolute atomic E-state index is 0.0856. The molecule has 2 aromatic carbocycles. The molecule has 2 aromatic rings. The van der Waals surface area contributed by atoms with Gasteiger partial charge in [-0.3, -0.25) is 0 Å². The van der Waals surface area contributed by atoms with Crippen LogP contribution in [-0.2, 0) is 27.4 Å². The van der Waals surface area contributed by atoms with E-state index in [1.165, 1.54) is 6.08 Å². The van der Waals surface area contributed by atoms with Crippen molar-refractivity contribution in [2.75, 3.05) is 13.2 Å². The van der Waals surface area contributed by atoms with E-state index in [2.05, 4.69) is 11.9 Å². The van der Waals surface area contributed by atoms with Gasteiger partial charge >= 0.3 is 6.09 Å². The molecule has 1 saturated heterocycles. The van der Waals surface area contributed by atoms with Gasteiger partial charge in [-0.15, -0.1) is 6.58 Å². The van der Waals surface area contributed by atoms with Gasteiger partial charge in [-0.05, 0) is 24.5 Å². The lowest BCUT2D eigenvalue weighted by molar-refractivity contribution is -0.255. The molecule has 0 aliphatic carbocycles. The molecule has 172 valence electrons.